The van der Waals surface area contributed by atoms with Gasteiger partial charge in [-0.2, -0.15) is 23.1 Å². The van der Waals surface area contributed by atoms with Gasteiger partial charge in [-0.25, -0.2) is 18.6 Å². The maximum absolute atomic E-state index is 17.1. The van der Waals surface area contributed by atoms with E-state index in [2.05, 4.69) is 9.97 Å². The van der Waals surface area contributed by atoms with Crippen molar-refractivity contribution in [2.75, 3.05) is 51.7 Å². The minimum Gasteiger partial charge on any atom is -0.475 e. The summed E-state index contributed by atoms with van der Waals surface area (Å²) in [7, 11) is 1.33. The van der Waals surface area contributed by atoms with Crippen LogP contribution in [0.4, 0.5) is 32.6 Å². The van der Waals surface area contributed by atoms with Gasteiger partial charge >= 0.3 is 18.3 Å². The number of carbonyl (C=O) groups excluding carboxylic acids is 1. The Kier molecular flexibility index (Phi) is 9.15. The second-order valence-corrected chi connectivity index (χ2v) is 16.0. The van der Waals surface area contributed by atoms with Crippen molar-refractivity contribution in [1.29, 1.82) is 0 Å². The van der Waals surface area contributed by atoms with Crippen molar-refractivity contribution >= 4 is 34.4 Å². The number of anilines is 1. The first kappa shape index (κ1) is 37.0. The van der Waals surface area contributed by atoms with Crippen LogP contribution in [0.5, 0.6) is 17.6 Å². The van der Waals surface area contributed by atoms with Gasteiger partial charge in [0.1, 0.15) is 53.2 Å². The van der Waals surface area contributed by atoms with Crippen molar-refractivity contribution in [2.45, 2.75) is 94.5 Å². The smallest absolute Gasteiger partial charge is 0.418 e. The topological polar surface area (TPSA) is 112 Å². The molecule has 5 atom stereocenters. The molecule has 2 bridgehead atoms. The van der Waals surface area contributed by atoms with Crippen LogP contribution in [-0.2, 0) is 15.7 Å². The van der Waals surface area contributed by atoms with E-state index in [4.69, 9.17) is 40.3 Å². The van der Waals surface area contributed by atoms with Crippen molar-refractivity contribution in [3.05, 3.63) is 28.5 Å². The fourth-order valence-corrected chi connectivity index (χ4v) is 9.14. The average Bonchev–Trinajstić information content (AvgIpc) is 3.69. The van der Waals surface area contributed by atoms with Gasteiger partial charge in [0.2, 0.25) is 5.88 Å². The predicted molar refractivity (Wildman–Crippen MR) is 185 cm³/mol. The molecule has 0 unspecified atom stereocenters. The Bertz CT molecular complexity index is 1990. The summed E-state index contributed by atoms with van der Waals surface area (Å²) in [4.78, 5) is 32.8. The Morgan fingerprint density at radius 1 is 1.09 bits per heavy atom. The van der Waals surface area contributed by atoms with E-state index >= 15 is 4.39 Å². The Labute approximate surface area is 312 Å². The lowest BCUT2D eigenvalue weighted by atomic mass is 9.95. The van der Waals surface area contributed by atoms with E-state index in [9.17, 15) is 22.4 Å². The molecule has 292 valence electrons. The summed E-state index contributed by atoms with van der Waals surface area (Å²) in [6, 6.07) is 0.492. The molecule has 4 fully saturated rings. The highest BCUT2D eigenvalue weighted by Gasteiger charge is 2.53. The largest absolute Gasteiger partial charge is 0.475 e. The number of aromatic nitrogens is 3. The van der Waals surface area contributed by atoms with Gasteiger partial charge in [0, 0.05) is 32.2 Å². The number of hydrogen-bond acceptors (Lipinski definition) is 11. The lowest BCUT2D eigenvalue weighted by Crippen LogP contribution is -2.63. The lowest BCUT2D eigenvalue weighted by Gasteiger charge is -2.46. The summed E-state index contributed by atoms with van der Waals surface area (Å²) in [6.45, 7) is 6.24. The molecule has 2 aromatic heterocycles. The first-order chi connectivity index (χ1) is 25.6. The van der Waals surface area contributed by atoms with E-state index in [1.165, 1.54) is 7.11 Å². The number of alkyl halides is 4. The molecule has 0 aliphatic carbocycles. The molecule has 0 radical (unpaired) electrons. The van der Waals surface area contributed by atoms with Gasteiger partial charge in [-0.05, 0) is 65.1 Å². The number of hydrogen-bond donors (Lipinski definition) is 0. The molecule has 12 nitrogen and oxygen atoms in total. The van der Waals surface area contributed by atoms with E-state index < -0.39 is 69.3 Å². The SMILES string of the molecule is COCOc1cc(Cl)c(C(F)(F)F)c(-c2nc3c4c(nc(OC[C@@]56CCCN5C[C@H](F)C6)nc4c2F)N2C[C@H]4CC[C@@H]([C@@H]2CO3)N4C(=O)OC(C)(C)C)c1. The second kappa shape index (κ2) is 13.4. The number of piperazine rings is 1. The minimum atomic E-state index is -5.03. The van der Waals surface area contributed by atoms with E-state index in [-0.39, 0.29) is 79.9 Å². The number of nitrogens with zero attached hydrogens (tertiary/aromatic N) is 6. The first-order valence-corrected chi connectivity index (χ1v) is 18.3. The first-order valence-electron chi connectivity index (χ1n) is 17.9. The summed E-state index contributed by atoms with van der Waals surface area (Å²) >= 11 is 6.19. The maximum Gasteiger partial charge on any atom is 0.418 e. The molecule has 5 aliphatic rings. The van der Waals surface area contributed by atoms with Crippen LogP contribution in [0.2, 0.25) is 5.02 Å². The molecule has 8 rings (SSSR count). The third-order valence-corrected chi connectivity index (χ3v) is 11.3. The zero-order chi connectivity index (χ0) is 38.3. The van der Waals surface area contributed by atoms with Crippen molar-refractivity contribution in [3.8, 4) is 28.9 Å². The zero-order valence-electron chi connectivity index (χ0n) is 30.1. The summed E-state index contributed by atoms with van der Waals surface area (Å²) in [5, 5.41) is -0.710. The lowest BCUT2D eigenvalue weighted by molar-refractivity contribution is -0.137. The number of carbonyl (C=O) groups is 1. The number of pyridine rings is 1. The Morgan fingerprint density at radius 3 is 2.63 bits per heavy atom. The molecule has 3 aromatic rings. The average molecular weight is 783 g/mol. The van der Waals surface area contributed by atoms with Crippen molar-refractivity contribution in [2.24, 2.45) is 0 Å². The Hall–Kier alpha value is -3.96. The molecule has 0 N–H and O–H groups in total. The minimum absolute atomic E-state index is 0.0229. The van der Waals surface area contributed by atoms with Crippen molar-refractivity contribution < 1.29 is 50.4 Å². The van der Waals surface area contributed by atoms with Crippen LogP contribution in [0.15, 0.2) is 12.1 Å². The van der Waals surface area contributed by atoms with Crippen molar-refractivity contribution in [3.63, 3.8) is 0 Å². The number of methoxy groups -OCH3 is 1. The molecule has 5 aliphatic heterocycles. The fourth-order valence-electron chi connectivity index (χ4n) is 8.82. The number of rotatable bonds is 7. The number of benzene rings is 1. The van der Waals surface area contributed by atoms with E-state index in [0.717, 1.165) is 18.6 Å². The van der Waals surface area contributed by atoms with Gasteiger partial charge in [0.05, 0.1) is 34.3 Å². The summed E-state index contributed by atoms with van der Waals surface area (Å²) < 4.78 is 104. The third-order valence-electron chi connectivity index (χ3n) is 11.0. The van der Waals surface area contributed by atoms with Gasteiger partial charge in [-0.1, -0.05) is 11.6 Å². The molecule has 0 saturated carbocycles. The Morgan fingerprint density at radius 2 is 1.89 bits per heavy atom. The van der Waals surface area contributed by atoms with E-state index in [1.807, 2.05) is 9.80 Å². The van der Waals surface area contributed by atoms with Crippen LogP contribution in [0.25, 0.3) is 22.2 Å². The molecule has 54 heavy (non-hydrogen) atoms. The van der Waals surface area contributed by atoms with Gasteiger partial charge in [0.15, 0.2) is 12.6 Å². The standard InChI is InChI=1S/C36H40ClF5N6O6/c1-34(2,3)54-33(49)48-19-6-7-23(48)24-15-51-31-25-29(27(39)28(43-31)21-10-20(53-17-50-4)11-22(37)26(21)36(40,41)42)44-32(45-30(25)47(24)14-19)52-16-35-8-5-9-46(35)13-18(38)12-35/h10-11,18-19,23-24H,5-9,12-17H2,1-4H3/t18-,19-,23+,24+,35+/m1/s1. The summed E-state index contributed by atoms with van der Waals surface area (Å²) in [6.07, 6.45) is -3.45. The van der Waals surface area contributed by atoms with Crippen LogP contribution >= 0.6 is 11.6 Å². The number of halogens is 6. The monoisotopic (exact) mass is 782 g/mol. The number of amides is 1. The maximum atomic E-state index is 17.1. The van der Waals surface area contributed by atoms with Crippen LogP contribution in [-0.4, -0.2) is 113 Å². The van der Waals surface area contributed by atoms with Gasteiger partial charge in [0.25, 0.3) is 0 Å². The van der Waals surface area contributed by atoms with E-state index in [0.29, 0.717) is 25.8 Å². The normalized spacial score (nSPS) is 26.4. The second-order valence-electron chi connectivity index (χ2n) is 15.6. The highest BCUT2D eigenvalue weighted by atomic mass is 35.5. The molecule has 18 heteroatoms. The predicted octanol–water partition coefficient (Wildman–Crippen LogP) is 6.79. The van der Waals surface area contributed by atoms with Crippen LogP contribution in [0.1, 0.15) is 58.4 Å². The van der Waals surface area contributed by atoms with Gasteiger partial charge < -0.3 is 28.6 Å². The van der Waals surface area contributed by atoms with Crippen LogP contribution in [0.3, 0.4) is 0 Å². The molecular formula is C36H40ClF5N6O6. The number of ether oxygens (including phenoxy) is 5. The van der Waals surface area contributed by atoms with E-state index in [1.54, 1.807) is 25.7 Å². The highest BCUT2D eigenvalue weighted by molar-refractivity contribution is 6.32. The molecule has 4 saturated heterocycles. The molecular weight excluding hydrogens is 743 g/mol. The quantitative estimate of drug-likeness (QED) is 0.187. The van der Waals surface area contributed by atoms with Gasteiger partial charge in [-0.3, -0.25) is 9.80 Å². The zero-order valence-corrected chi connectivity index (χ0v) is 30.9. The summed E-state index contributed by atoms with van der Waals surface area (Å²) in [5.41, 5.74) is -4.51. The van der Waals surface area contributed by atoms with Crippen LogP contribution < -0.4 is 19.1 Å². The third kappa shape index (κ3) is 6.38. The molecule has 0 spiro atoms. The van der Waals surface area contributed by atoms with Gasteiger partial charge in [-0.15, -0.1) is 0 Å². The highest BCUT2D eigenvalue weighted by Crippen LogP contribution is 2.49. The molecule has 1 amide bonds. The number of fused-ring (bicyclic) bond motifs is 6. The molecule has 7 heterocycles. The van der Waals surface area contributed by atoms with Crippen molar-refractivity contribution in [1.82, 2.24) is 24.8 Å². The van der Waals surface area contributed by atoms with Crippen LogP contribution in [0, 0.1) is 5.82 Å². The molecule has 1 aromatic carbocycles. The summed E-state index contributed by atoms with van der Waals surface area (Å²) in [5.74, 6) is -1.33. The fraction of sp³-hybridized carbons (Fsp3) is 0.611. The Balaban J connectivity index is 1.27.